The highest BCUT2D eigenvalue weighted by atomic mass is 35.5. The summed E-state index contributed by atoms with van der Waals surface area (Å²) in [5.41, 5.74) is 4.60. The van der Waals surface area contributed by atoms with Crippen molar-refractivity contribution in [3.05, 3.63) is 93.3 Å². The number of halogens is 1. The Kier molecular flexibility index (Phi) is 7.61. The maximum absolute atomic E-state index is 13.6. The van der Waals surface area contributed by atoms with Crippen LogP contribution in [0.4, 0.5) is 0 Å². The van der Waals surface area contributed by atoms with E-state index in [1.807, 2.05) is 43.3 Å². The summed E-state index contributed by atoms with van der Waals surface area (Å²) in [6.45, 7) is 4.28. The number of ether oxygens (including phenoxy) is 1. The Hall–Kier alpha value is -2.50. The SMILES string of the molecule is CCSCCOC(=O)C1=C(C)NC2=C(C(=O)CC(c3ccccc3)C2)C1c1ccccc1Cl. The molecule has 4 rings (SSSR count). The lowest BCUT2D eigenvalue weighted by molar-refractivity contribution is -0.138. The van der Waals surface area contributed by atoms with Crippen molar-refractivity contribution < 1.29 is 14.3 Å². The summed E-state index contributed by atoms with van der Waals surface area (Å²) in [6.07, 6.45) is 1.11. The van der Waals surface area contributed by atoms with Gasteiger partial charge in [-0.15, -0.1) is 0 Å². The van der Waals surface area contributed by atoms with Gasteiger partial charge in [0.15, 0.2) is 5.78 Å². The molecule has 172 valence electrons. The van der Waals surface area contributed by atoms with Crippen LogP contribution in [-0.2, 0) is 14.3 Å². The molecule has 0 bridgehead atoms. The third-order valence-electron chi connectivity index (χ3n) is 6.20. The average molecular weight is 482 g/mol. The molecule has 1 N–H and O–H groups in total. The van der Waals surface area contributed by atoms with Crippen LogP contribution in [0.1, 0.15) is 49.7 Å². The van der Waals surface area contributed by atoms with E-state index in [9.17, 15) is 9.59 Å². The Labute approximate surface area is 204 Å². The Bertz CT molecular complexity index is 1110. The van der Waals surface area contributed by atoms with E-state index in [2.05, 4.69) is 24.4 Å². The number of dihydropyridines is 1. The number of esters is 1. The minimum Gasteiger partial charge on any atom is -0.461 e. The van der Waals surface area contributed by atoms with E-state index in [4.69, 9.17) is 16.3 Å². The van der Waals surface area contributed by atoms with Crippen molar-refractivity contribution in [2.45, 2.75) is 38.5 Å². The number of nitrogens with one attached hydrogen (secondary N) is 1. The number of hydrogen-bond donors (Lipinski definition) is 1. The lowest BCUT2D eigenvalue weighted by Gasteiger charge is -2.37. The number of ketones is 1. The molecule has 2 aromatic rings. The van der Waals surface area contributed by atoms with E-state index in [0.29, 0.717) is 41.3 Å². The van der Waals surface area contributed by atoms with Gasteiger partial charge in [-0.25, -0.2) is 4.79 Å². The zero-order valence-electron chi connectivity index (χ0n) is 18.9. The third kappa shape index (κ3) is 5.04. The van der Waals surface area contributed by atoms with Gasteiger partial charge in [0, 0.05) is 40.1 Å². The molecular weight excluding hydrogens is 454 g/mol. The van der Waals surface area contributed by atoms with Crippen LogP contribution in [0.5, 0.6) is 0 Å². The van der Waals surface area contributed by atoms with Crippen molar-refractivity contribution in [2.24, 2.45) is 0 Å². The molecule has 33 heavy (non-hydrogen) atoms. The van der Waals surface area contributed by atoms with Crippen LogP contribution < -0.4 is 5.32 Å². The molecule has 0 saturated heterocycles. The van der Waals surface area contributed by atoms with E-state index in [1.165, 1.54) is 0 Å². The molecule has 2 unspecified atom stereocenters. The summed E-state index contributed by atoms with van der Waals surface area (Å²) in [5, 5.41) is 3.93. The van der Waals surface area contributed by atoms with Gasteiger partial charge >= 0.3 is 5.97 Å². The molecule has 0 aromatic heterocycles. The van der Waals surface area contributed by atoms with E-state index in [0.717, 1.165) is 28.3 Å². The Morgan fingerprint density at radius 2 is 1.85 bits per heavy atom. The van der Waals surface area contributed by atoms with E-state index in [1.54, 1.807) is 17.8 Å². The number of rotatable bonds is 7. The van der Waals surface area contributed by atoms with Crippen molar-refractivity contribution in [1.29, 1.82) is 0 Å². The molecule has 0 radical (unpaired) electrons. The Morgan fingerprint density at radius 3 is 2.58 bits per heavy atom. The molecule has 1 heterocycles. The van der Waals surface area contributed by atoms with Crippen LogP contribution in [0, 0.1) is 0 Å². The molecule has 2 aromatic carbocycles. The van der Waals surface area contributed by atoms with Gasteiger partial charge in [-0.2, -0.15) is 11.8 Å². The van der Waals surface area contributed by atoms with Crippen molar-refractivity contribution in [3.63, 3.8) is 0 Å². The van der Waals surface area contributed by atoms with Crippen molar-refractivity contribution in [2.75, 3.05) is 18.1 Å². The minimum atomic E-state index is -0.537. The summed E-state index contributed by atoms with van der Waals surface area (Å²) < 4.78 is 5.62. The molecule has 1 aliphatic carbocycles. The number of benzene rings is 2. The lowest BCUT2D eigenvalue weighted by Crippen LogP contribution is -2.36. The highest BCUT2D eigenvalue weighted by Crippen LogP contribution is 2.47. The standard InChI is InChI=1S/C27H28ClNO3S/c1-3-33-14-13-32-27(31)24-17(2)29-22-15-19(18-9-5-4-6-10-18)16-23(30)26(22)25(24)20-11-7-8-12-21(20)28/h4-12,19,25,29H,3,13-16H2,1-2H3. The predicted octanol–water partition coefficient (Wildman–Crippen LogP) is 6.00. The van der Waals surface area contributed by atoms with Gasteiger partial charge in [-0.3, -0.25) is 4.79 Å². The molecule has 2 atom stereocenters. The van der Waals surface area contributed by atoms with E-state index < -0.39 is 11.9 Å². The largest absolute Gasteiger partial charge is 0.461 e. The summed E-state index contributed by atoms with van der Waals surface area (Å²) in [6, 6.07) is 17.6. The first-order chi connectivity index (χ1) is 16.0. The second-order valence-corrected chi connectivity index (χ2v) is 10.1. The third-order valence-corrected chi connectivity index (χ3v) is 7.41. The second-order valence-electron chi connectivity index (χ2n) is 8.28. The lowest BCUT2D eigenvalue weighted by atomic mass is 9.71. The number of allylic oxidation sites excluding steroid dienone is 3. The molecule has 0 spiro atoms. The zero-order chi connectivity index (χ0) is 23.4. The van der Waals surface area contributed by atoms with E-state index in [-0.39, 0.29) is 11.7 Å². The van der Waals surface area contributed by atoms with Gasteiger partial charge in [0.1, 0.15) is 6.61 Å². The average Bonchev–Trinajstić information content (AvgIpc) is 2.81. The van der Waals surface area contributed by atoms with Crippen LogP contribution in [0.2, 0.25) is 5.02 Å². The van der Waals surface area contributed by atoms with Crippen LogP contribution in [0.15, 0.2) is 77.1 Å². The molecule has 1 aliphatic heterocycles. The molecule has 6 heteroatoms. The first-order valence-electron chi connectivity index (χ1n) is 11.3. The number of thioether (sulfide) groups is 1. The number of carbonyl (C=O) groups excluding carboxylic acids is 2. The summed E-state index contributed by atoms with van der Waals surface area (Å²) >= 11 is 8.31. The fourth-order valence-electron chi connectivity index (χ4n) is 4.71. The quantitative estimate of drug-likeness (QED) is 0.388. The molecule has 0 fully saturated rings. The summed E-state index contributed by atoms with van der Waals surface area (Å²) in [5.74, 6) is 0.920. The van der Waals surface area contributed by atoms with Crippen LogP contribution >= 0.6 is 23.4 Å². The van der Waals surface area contributed by atoms with Gasteiger partial charge in [-0.05, 0) is 42.2 Å². The topological polar surface area (TPSA) is 55.4 Å². The van der Waals surface area contributed by atoms with Crippen molar-refractivity contribution >= 4 is 35.1 Å². The van der Waals surface area contributed by atoms with Crippen LogP contribution in [0.3, 0.4) is 0 Å². The van der Waals surface area contributed by atoms with Gasteiger partial charge in [-0.1, -0.05) is 67.1 Å². The summed E-state index contributed by atoms with van der Waals surface area (Å²) in [4.78, 5) is 26.8. The van der Waals surface area contributed by atoms with Gasteiger partial charge in [0.2, 0.25) is 0 Å². The zero-order valence-corrected chi connectivity index (χ0v) is 20.5. The Morgan fingerprint density at radius 1 is 1.12 bits per heavy atom. The smallest absolute Gasteiger partial charge is 0.336 e. The molecule has 2 aliphatic rings. The van der Waals surface area contributed by atoms with Crippen LogP contribution in [-0.4, -0.2) is 29.9 Å². The fourth-order valence-corrected chi connectivity index (χ4v) is 5.44. The maximum atomic E-state index is 13.6. The monoisotopic (exact) mass is 481 g/mol. The van der Waals surface area contributed by atoms with Crippen molar-refractivity contribution in [1.82, 2.24) is 5.32 Å². The van der Waals surface area contributed by atoms with Gasteiger partial charge < -0.3 is 10.1 Å². The fraction of sp³-hybridized carbons (Fsp3) is 0.333. The number of Topliss-reactive ketones (excluding diaryl/α,β-unsaturated/α-hetero) is 1. The molecule has 0 saturated carbocycles. The number of hydrogen-bond acceptors (Lipinski definition) is 5. The van der Waals surface area contributed by atoms with E-state index >= 15 is 0 Å². The molecule has 0 amide bonds. The van der Waals surface area contributed by atoms with Gasteiger partial charge in [0.25, 0.3) is 0 Å². The Balaban J connectivity index is 1.73. The van der Waals surface area contributed by atoms with Crippen LogP contribution in [0.25, 0.3) is 0 Å². The first kappa shape index (κ1) is 23.7. The number of carbonyl (C=O) groups is 2. The normalized spacial score (nSPS) is 20.4. The minimum absolute atomic E-state index is 0.0434. The van der Waals surface area contributed by atoms with Gasteiger partial charge in [0.05, 0.1) is 5.57 Å². The first-order valence-corrected chi connectivity index (χ1v) is 12.8. The summed E-state index contributed by atoms with van der Waals surface area (Å²) in [7, 11) is 0. The predicted molar refractivity (Wildman–Crippen MR) is 134 cm³/mol. The maximum Gasteiger partial charge on any atom is 0.336 e. The highest BCUT2D eigenvalue weighted by molar-refractivity contribution is 7.99. The highest BCUT2D eigenvalue weighted by Gasteiger charge is 2.42. The molecular formula is C27H28ClNO3S. The molecule has 4 nitrogen and oxygen atoms in total. The van der Waals surface area contributed by atoms with Crippen molar-refractivity contribution in [3.8, 4) is 0 Å². The second kappa shape index (κ2) is 10.6.